The Kier molecular flexibility index (Phi) is 6.58. The van der Waals surface area contributed by atoms with Crippen molar-refractivity contribution in [3.05, 3.63) is 24.3 Å². The molecule has 3 rings (SSSR count). The number of urea groups is 1. The number of hydrogen-bond donors (Lipinski definition) is 2. The number of likely N-dealkylation sites (tertiary alicyclic amines) is 1. The molecule has 0 radical (unpaired) electrons. The Balaban J connectivity index is 1.36. The van der Waals surface area contributed by atoms with Crippen LogP contribution < -0.4 is 15.4 Å². The first kappa shape index (κ1) is 19.5. The van der Waals surface area contributed by atoms with Crippen LogP contribution in [-0.4, -0.2) is 43.1 Å². The number of nitrogens with one attached hydrogen (secondary N) is 2. The van der Waals surface area contributed by atoms with E-state index in [9.17, 15) is 9.59 Å². The summed E-state index contributed by atoms with van der Waals surface area (Å²) in [6, 6.07) is 7.26. The van der Waals surface area contributed by atoms with Crippen molar-refractivity contribution in [2.75, 3.05) is 31.6 Å². The van der Waals surface area contributed by atoms with Crippen molar-refractivity contribution >= 4 is 17.6 Å². The largest absolute Gasteiger partial charge is 0.492 e. The van der Waals surface area contributed by atoms with E-state index in [2.05, 4.69) is 10.6 Å². The molecule has 2 aliphatic rings. The third-order valence-corrected chi connectivity index (χ3v) is 5.83. The van der Waals surface area contributed by atoms with E-state index in [4.69, 9.17) is 4.74 Å². The summed E-state index contributed by atoms with van der Waals surface area (Å²) in [5.74, 6) is 0.559. The van der Waals surface area contributed by atoms with E-state index in [1.54, 1.807) is 6.07 Å². The first-order chi connectivity index (χ1) is 13.1. The fraction of sp³-hybridized carbons (Fsp3) is 0.619. The fourth-order valence-corrected chi connectivity index (χ4v) is 4.29. The fourth-order valence-electron chi connectivity index (χ4n) is 4.29. The lowest BCUT2D eigenvalue weighted by atomic mass is 9.68. The van der Waals surface area contributed by atoms with Crippen LogP contribution in [0.5, 0.6) is 5.75 Å². The van der Waals surface area contributed by atoms with Crippen LogP contribution in [0.2, 0.25) is 0 Å². The molecule has 1 aliphatic heterocycles. The second-order valence-corrected chi connectivity index (χ2v) is 7.84. The van der Waals surface area contributed by atoms with Crippen LogP contribution in [0, 0.1) is 5.41 Å². The molecule has 27 heavy (non-hydrogen) atoms. The van der Waals surface area contributed by atoms with Gasteiger partial charge in [-0.2, -0.15) is 0 Å². The van der Waals surface area contributed by atoms with Crippen molar-refractivity contribution in [2.24, 2.45) is 5.41 Å². The molecule has 1 saturated carbocycles. The first-order valence-electron chi connectivity index (χ1n) is 10.1. The van der Waals surface area contributed by atoms with E-state index in [0.29, 0.717) is 30.0 Å². The number of amides is 3. The zero-order valence-corrected chi connectivity index (χ0v) is 16.3. The van der Waals surface area contributed by atoms with Crippen molar-refractivity contribution in [1.82, 2.24) is 10.2 Å². The Morgan fingerprint density at radius 3 is 2.56 bits per heavy atom. The number of carbonyl (C=O) groups excluding carboxylic acids is 2. The normalized spacial score (nSPS) is 18.8. The highest BCUT2D eigenvalue weighted by Crippen LogP contribution is 2.44. The van der Waals surface area contributed by atoms with Gasteiger partial charge in [0.15, 0.2) is 0 Å². The summed E-state index contributed by atoms with van der Waals surface area (Å²) in [6.45, 7) is 4.06. The summed E-state index contributed by atoms with van der Waals surface area (Å²) in [5.41, 5.74) is 1.21. The number of anilines is 1. The van der Waals surface area contributed by atoms with Gasteiger partial charge in [0, 0.05) is 31.8 Å². The molecule has 1 aromatic carbocycles. The summed E-state index contributed by atoms with van der Waals surface area (Å²) in [4.78, 5) is 25.4. The van der Waals surface area contributed by atoms with Gasteiger partial charge < -0.3 is 20.3 Å². The smallest absolute Gasteiger partial charge is 0.317 e. The molecule has 2 N–H and O–H groups in total. The highest BCUT2D eigenvalue weighted by atomic mass is 16.5. The monoisotopic (exact) mass is 373 g/mol. The van der Waals surface area contributed by atoms with Gasteiger partial charge in [-0.3, -0.25) is 4.79 Å². The number of benzene rings is 1. The molecule has 1 spiro atoms. The first-order valence-corrected chi connectivity index (χ1v) is 10.1. The second kappa shape index (κ2) is 9.11. The van der Waals surface area contributed by atoms with E-state index in [1.807, 2.05) is 23.1 Å². The molecule has 2 fully saturated rings. The lowest BCUT2D eigenvalue weighted by Gasteiger charge is -2.44. The number of rotatable bonds is 5. The van der Waals surface area contributed by atoms with Gasteiger partial charge in [0.05, 0.1) is 6.54 Å². The van der Waals surface area contributed by atoms with Crippen LogP contribution in [-0.2, 0) is 4.79 Å². The third-order valence-electron chi connectivity index (χ3n) is 5.83. The van der Waals surface area contributed by atoms with Crippen molar-refractivity contribution in [3.63, 3.8) is 0 Å². The van der Waals surface area contributed by atoms with Crippen LogP contribution in [0.1, 0.15) is 51.9 Å². The van der Waals surface area contributed by atoms with Crippen molar-refractivity contribution < 1.29 is 14.3 Å². The van der Waals surface area contributed by atoms with Gasteiger partial charge in [-0.05, 0) is 43.2 Å². The Bertz CT molecular complexity index is 646. The maximum Gasteiger partial charge on any atom is 0.317 e. The number of carbonyl (C=O) groups is 2. The molecule has 0 bridgehead atoms. The zero-order chi connectivity index (χ0) is 19.1. The molecular weight excluding hydrogens is 342 g/mol. The van der Waals surface area contributed by atoms with E-state index in [0.717, 1.165) is 25.9 Å². The molecule has 6 heteroatoms. The minimum atomic E-state index is -0.115. The number of hydrogen-bond acceptors (Lipinski definition) is 3. The van der Waals surface area contributed by atoms with E-state index in [-0.39, 0.29) is 11.9 Å². The standard InChI is InChI=1S/C21H31N3O3/c1-17(25)23-18-6-5-7-19(16-18)27-15-12-22-20(26)24-13-10-21(11-14-24)8-3-2-4-9-21/h5-7,16H,2-4,8-15H2,1H3,(H,22,26)(H,23,25). The van der Waals surface area contributed by atoms with Crippen LogP contribution >= 0.6 is 0 Å². The summed E-state index contributed by atoms with van der Waals surface area (Å²) in [6.07, 6.45) is 9.06. The predicted molar refractivity (Wildman–Crippen MR) is 106 cm³/mol. The van der Waals surface area contributed by atoms with Crippen LogP contribution in [0.15, 0.2) is 24.3 Å². The summed E-state index contributed by atoms with van der Waals surface area (Å²) >= 11 is 0. The van der Waals surface area contributed by atoms with Crippen molar-refractivity contribution in [2.45, 2.75) is 51.9 Å². The lowest BCUT2D eigenvalue weighted by molar-refractivity contribution is -0.114. The molecule has 0 atom stereocenters. The maximum absolute atomic E-state index is 12.4. The molecule has 0 aromatic heterocycles. The van der Waals surface area contributed by atoms with Gasteiger partial charge >= 0.3 is 6.03 Å². The predicted octanol–water partition coefficient (Wildman–Crippen LogP) is 3.78. The average molecular weight is 373 g/mol. The van der Waals surface area contributed by atoms with Gasteiger partial charge in [-0.15, -0.1) is 0 Å². The Morgan fingerprint density at radius 1 is 1.11 bits per heavy atom. The number of ether oxygens (including phenoxy) is 1. The molecule has 0 unspecified atom stereocenters. The summed E-state index contributed by atoms with van der Waals surface area (Å²) in [7, 11) is 0. The van der Waals surface area contributed by atoms with Crippen molar-refractivity contribution in [1.29, 1.82) is 0 Å². The summed E-state index contributed by atoms with van der Waals surface area (Å²) in [5, 5.41) is 5.68. The molecule has 148 valence electrons. The topological polar surface area (TPSA) is 70.7 Å². The molecule has 1 heterocycles. The van der Waals surface area contributed by atoms with Gasteiger partial charge in [0.2, 0.25) is 5.91 Å². The van der Waals surface area contributed by atoms with Crippen LogP contribution in [0.4, 0.5) is 10.5 Å². The molecule has 3 amide bonds. The second-order valence-electron chi connectivity index (χ2n) is 7.84. The Labute approximate surface area is 161 Å². The quantitative estimate of drug-likeness (QED) is 0.772. The lowest BCUT2D eigenvalue weighted by Crippen LogP contribution is -2.48. The molecule has 1 aliphatic carbocycles. The van der Waals surface area contributed by atoms with E-state index in [1.165, 1.54) is 39.0 Å². The van der Waals surface area contributed by atoms with Gasteiger partial charge in [0.25, 0.3) is 0 Å². The number of piperidine rings is 1. The van der Waals surface area contributed by atoms with Gasteiger partial charge in [-0.25, -0.2) is 4.79 Å². The van der Waals surface area contributed by atoms with Crippen LogP contribution in [0.3, 0.4) is 0 Å². The minimum absolute atomic E-state index is 0.0104. The van der Waals surface area contributed by atoms with Crippen LogP contribution in [0.25, 0.3) is 0 Å². The SMILES string of the molecule is CC(=O)Nc1cccc(OCCNC(=O)N2CCC3(CCCCC3)CC2)c1. The van der Waals surface area contributed by atoms with E-state index < -0.39 is 0 Å². The summed E-state index contributed by atoms with van der Waals surface area (Å²) < 4.78 is 5.67. The van der Waals surface area contributed by atoms with Gasteiger partial charge in [-0.1, -0.05) is 25.3 Å². The number of nitrogens with zero attached hydrogens (tertiary/aromatic N) is 1. The highest BCUT2D eigenvalue weighted by Gasteiger charge is 2.36. The Hall–Kier alpha value is -2.24. The molecule has 1 saturated heterocycles. The third kappa shape index (κ3) is 5.62. The minimum Gasteiger partial charge on any atom is -0.492 e. The average Bonchev–Trinajstić information content (AvgIpc) is 2.66. The van der Waals surface area contributed by atoms with Crippen molar-refractivity contribution in [3.8, 4) is 5.75 Å². The molecular formula is C21H31N3O3. The zero-order valence-electron chi connectivity index (χ0n) is 16.3. The Morgan fingerprint density at radius 2 is 1.85 bits per heavy atom. The van der Waals surface area contributed by atoms with E-state index >= 15 is 0 Å². The maximum atomic E-state index is 12.4. The highest BCUT2D eigenvalue weighted by molar-refractivity contribution is 5.88. The molecule has 1 aromatic rings. The van der Waals surface area contributed by atoms with Gasteiger partial charge in [0.1, 0.15) is 12.4 Å². The molecule has 6 nitrogen and oxygen atoms in total.